The molecule has 0 atom stereocenters. The summed E-state index contributed by atoms with van der Waals surface area (Å²) in [4.78, 5) is 13.6. The van der Waals surface area contributed by atoms with E-state index in [9.17, 15) is 9.18 Å². The lowest BCUT2D eigenvalue weighted by Gasteiger charge is -2.08. The number of fused-ring (bicyclic) bond motifs is 1. The Morgan fingerprint density at radius 3 is 2.32 bits per heavy atom. The molecule has 138 valence electrons. The van der Waals surface area contributed by atoms with Crippen LogP contribution in [-0.4, -0.2) is 5.91 Å². The summed E-state index contributed by atoms with van der Waals surface area (Å²) in [5.41, 5.74) is 2.03. The van der Waals surface area contributed by atoms with Gasteiger partial charge in [0.25, 0.3) is 5.91 Å². The van der Waals surface area contributed by atoms with Gasteiger partial charge in [0.05, 0.1) is 0 Å². The molecule has 0 aromatic heterocycles. The highest BCUT2D eigenvalue weighted by molar-refractivity contribution is 7.98. The van der Waals surface area contributed by atoms with E-state index in [1.807, 2.05) is 72.8 Å². The Morgan fingerprint density at radius 1 is 0.821 bits per heavy atom. The van der Waals surface area contributed by atoms with Gasteiger partial charge in [0.15, 0.2) is 0 Å². The molecule has 0 saturated carbocycles. The van der Waals surface area contributed by atoms with Gasteiger partial charge in [-0.1, -0.05) is 48.5 Å². The minimum Gasteiger partial charge on any atom is -0.322 e. The largest absolute Gasteiger partial charge is 0.322 e. The summed E-state index contributed by atoms with van der Waals surface area (Å²) in [7, 11) is 0. The molecule has 0 aliphatic rings. The number of benzene rings is 4. The number of halogens is 1. The third kappa shape index (κ3) is 4.24. The Hall–Kier alpha value is -3.11. The molecule has 1 N–H and O–H groups in total. The third-order valence-electron chi connectivity index (χ3n) is 4.48. The lowest BCUT2D eigenvalue weighted by molar-refractivity contribution is 0.102. The van der Waals surface area contributed by atoms with Crippen LogP contribution in [0.15, 0.2) is 95.9 Å². The molecule has 0 heterocycles. The van der Waals surface area contributed by atoms with Crippen LogP contribution >= 0.6 is 11.8 Å². The lowest BCUT2D eigenvalue weighted by Crippen LogP contribution is -2.11. The zero-order valence-electron chi connectivity index (χ0n) is 15.1. The van der Waals surface area contributed by atoms with Gasteiger partial charge in [-0.05, 0) is 58.8 Å². The average molecular weight is 387 g/mol. The first kappa shape index (κ1) is 18.3. The van der Waals surface area contributed by atoms with Gasteiger partial charge in [-0.3, -0.25) is 4.79 Å². The Labute approximate surface area is 167 Å². The van der Waals surface area contributed by atoms with E-state index < -0.39 is 0 Å². The van der Waals surface area contributed by atoms with Crippen LogP contribution in [0.25, 0.3) is 10.8 Å². The van der Waals surface area contributed by atoms with Crippen LogP contribution in [0.1, 0.15) is 15.9 Å². The van der Waals surface area contributed by atoms with Crippen molar-refractivity contribution in [1.29, 1.82) is 0 Å². The second-order valence-corrected chi connectivity index (χ2v) is 7.47. The molecular formula is C24H18FNOS. The van der Waals surface area contributed by atoms with Gasteiger partial charge >= 0.3 is 0 Å². The maximum atomic E-state index is 13.7. The number of amides is 1. The van der Waals surface area contributed by atoms with Crippen molar-refractivity contribution in [3.63, 3.8) is 0 Å². The smallest absolute Gasteiger partial charge is 0.255 e. The van der Waals surface area contributed by atoms with Gasteiger partial charge < -0.3 is 5.32 Å². The van der Waals surface area contributed by atoms with Crippen molar-refractivity contribution in [2.75, 3.05) is 5.32 Å². The summed E-state index contributed by atoms with van der Waals surface area (Å²) >= 11 is 1.56. The zero-order valence-corrected chi connectivity index (χ0v) is 15.9. The highest BCUT2D eigenvalue weighted by Crippen LogP contribution is 2.25. The van der Waals surface area contributed by atoms with E-state index in [1.54, 1.807) is 23.9 Å². The zero-order chi connectivity index (χ0) is 19.3. The first-order valence-electron chi connectivity index (χ1n) is 8.95. The minimum atomic E-state index is -0.186. The maximum absolute atomic E-state index is 13.7. The van der Waals surface area contributed by atoms with E-state index in [0.29, 0.717) is 16.9 Å². The number of nitrogens with one attached hydrogen (secondary N) is 1. The summed E-state index contributed by atoms with van der Waals surface area (Å²) < 4.78 is 13.7. The van der Waals surface area contributed by atoms with Crippen LogP contribution in [0.2, 0.25) is 0 Å². The summed E-state index contributed by atoms with van der Waals surface area (Å²) in [5, 5.41) is 5.07. The van der Waals surface area contributed by atoms with Crippen LogP contribution in [0.5, 0.6) is 0 Å². The SMILES string of the molecule is O=C(Nc1ccc(SCc2ccccc2F)cc1)c1ccc2ccccc2c1. The molecule has 4 aromatic carbocycles. The molecule has 0 radical (unpaired) electrons. The summed E-state index contributed by atoms with van der Waals surface area (Å²) in [5.74, 6) is 0.238. The second-order valence-electron chi connectivity index (χ2n) is 6.42. The van der Waals surface area contributed by atoms with Gasteiger partial charge in [0, 0.05) is 21.9 Å². The molecule has 4 heteroatoms. The summed E-state index contributed by atoms with van der Waals surface area (Å²) in [6.45, 7) is 0. The molecule has 0 bridgehead atoms. The van der Waals surface area contributed by atoms with Crippen LogP contribution < -0.4 is 5.32 Å². The number of carbonyl (C=O) groups excluding carboxylic acids is 1. The predicted molar refractivity (Wildman–Crippen MR) is 114 cm³/mol. The number of hydrogen-bond acceptors (Lipinski definition) is 2. The predicted octanol–water partition coefficient (Wildman–Crippen LogP) is 6.52. The molecule has 0 saturated heterocycles. The van der Waals surface area contributed by atoms with E-state index in [2.05, 4.69) is 5.32 Å². The minimum absolute atomic E-state index is 0.141. The van der Waals surface area contributed by atoms with E-state index in [0.717, 1.165) is 21.4 Å². The van der Waals surface area contributed by atoms with Crippen molar-refractivity contribution in [3.8, 4) is 0 Å². The molecule has 1 amide bonds. The summed E-state index contributed by atoms with van der Waals surface area (Å²) in [6, 6.07) is 28.0. The molecule has 4 rings (SSSR count). The molecule has 0 aliphatic carbocycles. The lowest BCUT2D eigenvalue weighted by atomic mass is 10.1. The molecular weight excluding hydrogens is 369 g/mol. The average Bonchev–Trinajstić information content (AvgIpc) is 2.74. The van der Waals surface area contributed by atoms with E-state index in [1.165, 1.54) is 6.07 Å². The second kappa shape index (κ2) is 8.28. The van der Waals surface area contributed by atoms with Gasteiger partial charge in [0.2, 0.25) is 0 Å². The molecule has 28 heavy (non-hydrogen) atoms. The number of carbonyl (C=O) groups is 1. The third-order valence-corrected chi connectivity index (χ3v) is 5.54. The molecule has 0 unspecified atom stereocenters. The Kier molecular flexibility index (Phi) is 5.40. The van der Waals surface area contributed by atoms with Crippen LogP contribution in [0.4, 0.5) is 10.1 Å². The number of rotatable bonds is 5. The standard InChI is InChI=1S/C24H18FNOS/c25-23-8-4-3-7-20(23)16-28-22-13-11-21(12-14-22)26-24(27)19-10-9-17-5-1-2-6-18(17)15-19/h1-15H,16H2,(H,26,27). The van der Waals surface area contributed by atoms with Crippen LogP contribution in [0.3, 0.4) is 0 Å². The number of anilines is 1. The van der Waals surface area contributed by atoms with Gasteiger partial charge in [-0.2, -0.15) is 0 Å². The van der Waals surface area contributed by atoms with Crippen LogP contribution in [-0.2, 0) is 5.75 Å². The Morgan fingerprint density at radius 2 is 1.54 bits per heavy atom. The van der Waals surface area contributed by atoms with Crippen molar-refractivity contribution in [2.45, 2.75) is 10.6 Å². The van der Waals surface area contributed by atoms with Crippen molar-refractivity contribution >= 4 is 34.1 Å². The first-order valence-corrected chi connectivity index (χ1v) is 9.94. The van der Waals surface area contributed by atoms with Crippen LogP contribution in [0, 0.1) is 5.82 Å². The summed E-state index contributed by atoms with van der Waals surface area (Å²) in [6.07, 6.45) is 0. The Balaban J connectivity index is 1.40. The quantitative estimate of drug-likeness (QED) is 0.395. The maximum Gasteiger partial charge on any atom is 0.255 e. The van der Waals surface area contributed by atoms with Gasteiger partial charge in [0.1, 0.15) is 5.82 Å². The molecule has 0 fully saturated rings. The Bertz CT molecular complexity index is 1120. The van der Waals surface area contributed by atoms with Crippen molar-refractivity contribution in [1.82, 2.24) is 0 Å². The van der Waals surface area contributed by atoms with E-state index >= 15 is 0 Å². The highest BCUT2D eigenvalue weighted by atomic mass is 32.2. The van der Waals surface area contributed by atoms with Crippen molar-refractivity contribution < 1.29 is 9.18 Å². The first-order chi connectivity index (χ1) is 13.7. The van der Waals surface area contributed by atoms with E-state index in [4.69, 9.17) is 0 Å². The molecule has 2 nitrogen and oxygen atoms in total. The fourth-order valence-electron chi connectivity index (χ4n) is 2.94. The molecule has 0 spiro atoms. The normalized spacial score (nSPS) is 10.8. The number of thioether (sulfide) groups is 1. The molecule has 4 aromatic rings. The highest BCUT2D eigenvalue weighted by Gasteiger charge is 2.07. The number of hydrogen-bond donors (Lipinski definition) is 1. The molecule has 0 aliphatic heterocycles. The van der Waals surface area contributed by atoms with Crippen molar-refractivity contribution in [3.05, 3.63) is 108 Å². The van der Waals surface area contributed by atoms with E-state index in [-0.39, 0.29) is 11.7 Å². The van der Waals surface area contributed by atoms with Gasteiger partial charge in [-0.15, -0.1) is 11.8 Å². The monoisotopic (exact) mass is 387 g/mol. The fraction of sp³-hybridized carbons (Fsp3) is 0.0417. The fourth-order valence-corrected chi connectivity index (χ4v) is 3.83. The van der Waals surface area contributed by atoms with Crippen molar-refractivity contribution in [2.24, 2.45) is 0 Å². The topological polar surface area (TPSA) is 29.1 Å². The van der Waals surface area contributed by atoms with Gasteiger partial charge in [-0.25, -0.2) is 4.39 Å².